The van der Waals surface area contributed by atoms with Crippen molar-refractivity contribution in [3.63, 3.8) is 0 Å². The lowest BCUT2D eigenvalue weighted by Crippen LogP contribution is -1.98. The van der Waals surface area contributed by atoms with E-state index in [0.717, 1.165) is 5.56 Å². The molecule has 5 aromatic rings. The molecule has 2 aromatic carbocycles. The summed E-state index contributed by atoms with van der Waals surface area (Å²) in [4.78, 5) is 12.5. The molecule has 0 amide bonds. The average Bonchev–Trinajstić information content (AvgIpc) is 2.87. The fourth-order valence-electron chi connectivity index (χ4n) is 3.27. The van der Waals surface area contributed by atoms with E-state index in [9.17, 15) is 5.11 Å². The summed E-state index contributed by atoms with van der Waals surface area (Å²) in [6.45, 7) is 0. The third-order valence-electron chi connectivity index (χ3n) is 4.90. The van der Waals surface area contributed by atoms with Gasteiger partial charge in [-0.1, -0.05) is 30.3 Å². The van der Waals surface area contributed by atoms with Gasteiger partial charge in [-0.15, -0.1) is 10.2 Å². The first-order valence-corrected chi connectivity index (χ1v) is 10.4. The van der Waals surface area contributed by atoms with Crippen LogP contribution >= 0.6 is 0 Å². The zero-order chi connectivity index (χ0) is 23.3. The minimum absolute atomic E-state index is 0.00330. The van der Waals surface area contributed by atoms with Crippen molar-refractivity contribution in [2.45, 2.75) is 0 Å². The monoisotopic (exact) mass is 449 g/mol. The molecule has 0 saturated heterocycles. The number of pyridine rings is 1. The number of ether oxygens (including phenoxy) is 1. The number of rotatable bonds is 6. The van der Waals surface area contributed by atoms with Gasteiger partial charge in [0.05, 0.1) is 17.0 Å². The molecule has 4 N–H and O–H groups in total. The Labute approximate surface area is 195 Å². The molecule has 9 nitrogen and oxygen atoms in total. The fourth-order valence-corrected chi connectivity index (χ4v) is 3.27. The Bertz CT molecular complexity index is 1430. The van der Waals surface area contributed by atoms with Gasteiger partial charge in [-0.25, -0.2) is 15.0 Å². The van der Waals surface area contributed by atoms with E-state index in [4.69, 9.17) is 10.5 Å². The number of hydrogen-bond acceptors (Lipinski definition) is 9. The molecule has 166 valence electrons. The molecule has 9 heteroatoms. The maximum absolute atomic E-state index is 10.4. The largest absolute Gasteiger partial charge is 0.504 e. The van der Waals surface area contributed by atoms with Crippen LogP contribution in [-0.2, 0) is 0 Å². The van der Waals surface area contributed by atoms with Crippen molar-refractivity contribution in [2.24, 2.45) is 0 Å². The highest BCUT2D eigenvalue weighted by Crippen LogP contribution is 2.32. The maximum atomic E-state index is 10.4. The van der Waals surface area contributed by atoms with Crippen LogP contribution in [0.3, 0.4) is 0 Å². The van der Waals surface area contributed by atoms with E-state index in [1.54, 1.807) is 54.9 Å². The maximum Gasteiger partial charge on any atom is 0.228 e. The number of aromatic nitrogens is 5. The van der Waals surface area contributed by atoms with Crippen LogP contribution in [0.15, 0.2) is 91.3 Å². The Hall–Kier alpha value is -5.05. The normalized spacial score (nSPS) is 10.6. The van der Waals surface area contributed by atoms with Crippen molar-refractivity contribution >= 4 is 17.5 Å². The molecule has 0 radical (unpaired) electrons. The van der Waals surface area contributed by atoms with Gasteiger partial charge in [-0.3, -0.25) is 0 Å². The number of benzene rings is 2. The van der Waals surface area contributed by atoms with Crippen molar-refractivity contribution in [2.75, 3.05) is 11.1 Å². The number of nitrogens with one attached hydrogen (secondary N) is 1. The summed E-state index contributed by atoms with van der Waals surface area (Å²) in [5.41, 5.74) is 9.18. The molecule has 0 aliphatic rings. The fraction of sp³-hybridized carbons (Fsp3) is 0. The van der Waals surface area contributed by atoms with E-state index in [1.807, 2.05) is 36.4 Å². The molecular formula is C25H19N7O2. The SMILES string of the molecule is Nc1nccc(-c2cccnc2Oc2ccc(Nc3nnc(-c4ccccc4)cc3O)cc2)n1. The summed E-state index contributed by atoms with van der Waals surface area (Å²) >= 11 is 0. The molecule has 0 bridgehead atoms. The highest BCUT2D eigenvalue weighted by molar-refractivity contribution is 5.68. The van der Waals surface area contributed by atoms with Gasteiger partial charge in [0.25, 0.3) is 0 Å². The van der Waals surface area contributed by atoms with E-state index in [2.05, 4.69) is 30.5 Å². The summed E-state index contributed by atoms with van der Waals surface area (Å²) in [6.07, 6.45) is 3.22. The number of nitrogens with zero attached hydrogens (tertiary/aromatic N) is 5. The number of aromatic hydroxyl groups is 1. The summed E-state index contributed by atoms with van der Waals surface area (Å²) in [5, 5.41) is 21.8. The van der Waals surface area contributed by atoms with Crippen molar-refractivity contribution in [3.8, 4) is 39.9 Å². The van der Waals surface area contributed by atoms with Crippen LogP contribution in [0, 0.1) is 0 Å². The molecular weight excluding hydrogens is 430 g/mol. The van der Waals surface area contributed by atoms with Crippen LogP contribution in [0.1, 0.15) is 0 Å². The second-order valence-corrected chi connectivity index (χ2v) is 7.24. The Morgan fingerprint density at radius 3 is 2.38 bits per heavy atom. The minimum atomic E-state index is -0.00330. The quantitative estimate of drug-likeness (QED) is 0.334. The molecule has 0 unspecified atom stereocenters. The molecule has 0 atom stereocenters. The topological polar surface area (TPSA) is 132 Å². The van der Waals surface area contributed by atoms with Gasteiger partial charge in [-0.2, -0.15) is 0 Å². The van der Waals surface area contributed by atoms with E-state index < -0.39 is 0 Å². The molecule has 34 heavy (non-hydrogen) atoms. The Balaban J connectivity index is 1.32. The van der Waals surface area contributed by atoms with Crippen LogP contribution in [-0.4, -0.2) is 30.3 Å². The van der Waals surface area contributed by atoms with Gasteiger partial charge in [0, 0.05) is 29.7 Å². The van der Waals surface area contributed by atoms with Crippen molar-refractivity contribution < 1.29 is 9.84 Å². The number of hydrogen-bond donors (Lipinski definition) is 3. The van der Waals surface area contributed by atoms with Gasteiger partial charge in [0.1, 0.15) is 5.75 Å². The molecule has 0 fully saturated rings. The molecule has 0 aliphatic carbocycles. The Morgan fingerprint density at radius 2 is 1.62 bits per heavy atom. The van der Waals surface area contributed by atoms with E-state index in [1.165, 1.54) is 0 Å². The smallest absolute Gasteiger partial charge is 0.228 e. The predicted molar refractivity (Wildman–Crippen MR) is 129 cm³/mol. The summed E-state index contributed by atoms with van der Waals surface area (Å²) in [7, 11) is 0. The molecule has 0 spiro atoms. The van der Waals surface area contributed by atoms with Crippen LogP contribution < -0.4 is 15.8 Å². The first kappa shape index (κ1) is 20.8. The lowest BCUT2D eigenvalue weighted by molar-refractivity contribution is 0.465. The third-order valence-corrected chi connectivity index (χ3v) is 4.90. The Kier molecular flexibility index (Phi) is 5.64. The Morgan fingerprint density at radius 1 is 0.794 bits per heavy atom. The first-order valence-electron chi connectivity index (χ1n) is 10.4. The zero-order valence-electron chi connectivity index (χ0n) is 17.8. The molecule has 5 rings (SSSR count). The van der Waals surface area contributed by atoms with E-state index in [0.29, 0.717) is 34.3 Å². The highest BCUT2D eigenvalue weighted by atomic mass is 16.5. The predicted octanol–water partition coefficient (Wildman–Crippen LogP) is 4.82. The van der Waals surface area contributed by atoms with Gasteiger partial charge in [0.2, 0.25) is 11.8 Å². The lowest BCUT2D eigenvalue weighted by atomic mass is 10.1. The number of nitrogens with two attached hydrogens (primary N) is 1. The van der Waals surface area contributed by atoms with Gasteiger partial charge >= 0.3 is 0 Å². The summed E-state index contributed by atoms with van der Waals surface area (Å²) in [5.74, 6) is 1.38. The molecule has 0 saturated carbocycles. The van der Waals surface area contributed by atoms with Crippen LogP contribution in [0.2, 0.25) is 0 Å². The van der Waals surface area contributed by atoms with Crippen LogP contribution in [0.5, 0.6) is 17.4 Å². The second-order valence-electron chi connectivity index (χ2n) is 7.24. The van der Waals surface area contributed by atoms with Gasteiger partial charge in [0.15, 0.2) is 11.6 Å². The lowest BCUT2D eigenvalue weighted by Gasteiger charge is -2.11. The molecule has 0 aliphatic heterocycles. The first-order chi connectivity index (χ1) is 16.7. The van der Waals surface area contributed by atoms with Gasteiger partial charge < -0.3 is 20.9 Å². The summed E-state index contributed by atoms with van der Waals surface area (Å²) < 4.78 is 5.98. The zero-order valence-corrected chi connectivity index (χ0v) is 17.8. The third kappa shape index (κ3) is 4.58. The van der Waals surface area contributed by atoms with E-state index in [-0.39, 0.29) is 17.5 Å². The van der Waals surface area contributed by atoms with E-state index >= 15 is 0 Å². The average molecular weight is 449 g/mol. The number of nitrogen functional groups attached to an aromatic ring is 1. The van der Waals surface area contributed by atoms with Crippen molar-refractivity contribution in [3.05, 3.63) is 91.3 Å². The van der Waals surface area contributed by atoms with Gasteiger partial charge in [-0.05, 0) is 42.5 Å². The van der Waals surface area contributed by atoms with Crippen LogP contribution in [0.25, 0.3) is 22.5 Å². The molecule has 3 heterocycles. The van der Waals surface area contributed by atoms with Crippen LogP contribution in [0.4, 0.5) is 17.5 Å². The van der Waals surface area contributed by atoms with Crippen molar-refractivity contribution in [1.29, 1.82) is 0 Å². The highest BCUT2D eigenvalue weighted by Gasteiger charge is 2.12. The van der Waals surface area contributed by atoms with Crippen molar-refractivity contribution in [1.82, 2.24) is 25.1 Å². The minimum Gasteiger partial charge on any atom is -0.504 e. The second kappa shape index (κ2) is 9.21. The summed E-state index contributed by atoms with van der Waals surface area (Å²) in [6, 6.07) is 23.6. The molecule has 3 aromatic heterocycles. The standard InChI is InChI=1S/C25H19N7O2/c26-25-28-14-12-20(30-25)19-7-4-13-27-24(19)34-18-10-8-17(9-11-18)29-23-22(33)15-21(31-32-23)16-5-2-1-3-6-16/h1-15H,(H,29,32)(H,31,33)(H2,26,28,30). The number of anilines is 3.